The maximum absolute atomic E-state index is 12.1. The van der Waals surface area contributed by atoms with Crippen LogP contribution in [0.5, 0.6) is 0 Å². The fraction of sp³-hybridized carbons (Fsp3) is 0.500. The second-order valence-corrected chi connectivity index (χ2v) is 7.29. The molecule has 2 N–H and O–H groups in total. The molecule has 6 nitrogen and oxygen atoms in total. The van der Waals surface area contributed by atoms with Gasteiger partial charge in [0.25, 0.3) is 16.0 Å². The highest BCUT2D eigenvalue weighted by atomic mass is 32.2. The van der Waals surface area contributed by atoms with E-state index in [0.29, 0.717) is 6.42 Å². The van der Waals surface area contributed by atoms with Crippen LogP contribution in [0.3, 0.4) is 0 Å². The maximum Gasteiger partial charge on any atom is 0.264 e. The lowest BCUT2D eigenvalue weighted by molar-refractivity contribution is -0.147. The van der Waals surface area contributed by atoms with Crippen LogP contribution < -0.4 is 5.32 Å². The third-order valence-electron chi connectivity index (χ3n) is 3.73. The van der Waals surface area contributed by atoms with Gasteiger partial charge in [0.2, 0.25) is 0 Å². The van der Waals surface area contributed by atoms with E-state index in [1.807, 2.05) is 6.07 Å². The van der Waals surface area contributed by atoms with Crippen LogP contribution in [0.25, 0.3) is 0 Å². The average Bonchev–Trinajstić information content (AvgIpc) is 2.41. The fourth-order valence-corrected chi connectivity index (χ4v) is 2.77. The lowest BCUT2D eigenvalue weighted by Gasteiger charge is -2.42. The average molecular weight is 313 g/mol. The van der Waals surface area contributed by atoms with Crippen molar-refractivity contribution in [2.24, 2.45) is 0 Å². The van der Waals surface area contributed by atoms with Crippen molar-refractivity contribution in [1.29, 1.82) is 0 Å². The summed E-state index contributed by atoms with van der Waals surface area (Å²) in [5.74, 6) is -0.533. The normalized spacial score (nSPS) is 30.0. The first-order valence-corrected chi connectivity index (χ1v) is 8.41. The largest absolute Gasteiger partial charge is 0.380 e. The zero-order valence-electron chi connectivity index (χ0n) is 12.0. The van der Waals surface area contributed by atoms with Crippen LogP contribution in [0.15, 0.2) is 30.3 Å². The number of carbonyl (C=O) groups excluding carboxylic acids is 1. The van der Waals surface area contributed by atoms with Crippen LogP contribution in [0.2, 0.25) is 0 Å². The molecule has 1 aliphatic heterocycles. The predicted octanol–water partition coefficient (Wildman–Crippen LogP) is 0.519. The van der Waals surface area contributed by atoms with E-state index < -0.39 is 27.2 Å². The summed E-state index contributed by atoms with van der Waals surface area (Å²) in [6.07, 6.45) is 1.57. The molecule has 0 saturated carbocycles. The summed E-state index contributed by atoms with van der Waals surface area (Å²) in [6, 6.07) is 9.03. The maximum atomic E-state index is 12.1. The third-order valence-corrected chi connectivity index (χ3v) is 4.27. The topological polar surface area (TPSA) is 92.7 Å². The number of aliphatic hydroxyl groups is 1. The molecule has 0 radical (unpaired) electrons. The monoisotopic (exact) mass is 313 g/mol. The molecular formula is C14H19NO5S. The van der Waals surface area contributed by atoms with Crippen LogP contribution in [0.4, 0.5) is 0 Å². The Morgan fingerprint density at radius 2 is 1.90 bits per heavy atom. The van der Waals surface area contributed by atoms with Gasteiger partial charge in [-0.15, -0.1) is 0 Å². The summed E-state index contributed by atoms with van der Waals surface area (Å²) >= 11 is 0. The standard InChI is InChI=1S/C14H19NO5S/c1-13(17)8-9-14(15-12(13)16,10-20-21(2,18)19)11-6-4-3-5-7-11/h3-7,17H,8-10H2,1-2H3,(H,15,16)/t13-,14-/m0/s1. The molecule has 1 amide bonds. The highest BCUT2D eigenvalue weighted by molar-refractivity contribution is 7.85. The SMILES string of the molecule is C[C@]1(O)CC[C@](COS(C)(=O)=O)(c2ccccc2)NC1=O. The minimum absolute atomic E-state index is 0.197. The third kappa shape index (κ3) is 3.61. The van der Waals surface area contributed by atoms with Crippen molar-refractivity contribution in [3.63, 3.8) is 0 Å². The van der Waals surface area contributed by atoms with Crippen molar-refractivity contribution in [2.75, 3.05) is 12.9 Å². The van der Waals surface area contributed by atoms with E-state index in [4.69, 9.17) is 4.18 Å². The van der Waals surface area contributed by atoms with Gasteiger partial charge in [-0.2, -0.15) is 8.42 Å². The summed E-state index contributed by atoms with van der Waals surface area (Å²) in [5, 5.41) is 12.7. The molecule has 1 fully saturated rings. The molecule has 21 heavy (non-hydrogen) atoms. The first-order valence-electron chi connectivity index (χ1n) is 6.60. The van der Waals surface area contributed by atoms with Crippen LogP contribution in [0.1, 0.15) is 25.3 Å². The van der Waals surface area contributed by atoms with E-state index in [1.165, 1.54) is 6.92 Å². The summed E-state index contributed by atoms with van der Waals surface area (Å²) in [7, 11) is -3.63. The quantitative estimate of drug-likeness (QED) is 0.791. The number of rotatable bonds is 4. The van der Waals surface area contributed by atoms with Crippen molar-refractivity contribution in [2.45, 2.75) is 30.9 Å². The van der Waals surface area contributed by atoms with Crippen LogP contribution in [-0.2, 0) is 24.6 Å². The zero-order chi connectivity index (χ0) is 15.7. The Labute approximate surface area is 124 Å². The van der Waals surface area contributed by atoms with Crippen LogP contribution in [-0.4, -0.2) is 37.9 Å². The number of amides is 1. The Balaban J connectivity index is 2.34. The molecule has 2 atom stereocenters. The molecule has 0 spiro atoms. The van der Waals surface area contributed by atoms with Crippen molar-refractivity contribution >= 4 is 16.0 Å². The molecule has 1 aromatic rings. The Hall–Kier alpha value is -1.44. The van der Waals surface area contributed by atoms with Gasteiger partial charge in [-0.05, 0) is 25.3 Å². The number of carbonyl (C=O) groups is 1. The predicted molar refractivity (Wildman–Crippen MR) is 76.9 cm³/mol. The van der Waals surface area contributed by atoms with Gasteiger partial charge in [-0.3, -0.25) is 8.98 Å². The Kier molecular flexibility index (Phi) is 4.10. The van der Waals surface area contributed by atoms with E-state index in [9.17, 15) is 18.3 Å². The molecule has 0 aliphatic carbocycles. The van der Waals surface area contributed by atoms with Crippen molar-refractivity contribution in [1.82, 2.24) is 5.32 Å². The molecule has 0 aromatic heterocycles. The summed E-state index contributed by atoms with van der Waals surface area (Å²) in [4.78, 5) is 12.1. The van der Waals surface area contributed by atoms with Crippen molar-refractivity contribution in [3.8, 4) is 0 Å². The fourth-order valence-electron chi connectivity index (χ4n) is 2.36. The first kappa shape index (κ1) is 15.9. The van der Waals surface area contributed by atoms with Crippen LogP contribution >= 0.6 is 0 Å². The number of hydrogen-bond donors (Lipinski definition) is 2. The van der Waals surface area contributed by atoms with Gasteiger partial charge >= 0.3 is 0 Å². The number of nitrogens with one attached hydrogen (secondary N) is 1. The Morgan fingerprint density at radius 3 is 2.43 bits per heavy atom. The molecule has 116 valence electrons. The van der Waals surface area contributed by atoms with Crippen LogP contribution in [0, 0.1) is 0 Å². The van der Waals surface area contributed by atoms with E-state index in [-0.39, 0.29) is 13.0 Å². The van der Waals surface area contributed by atoms with E-state index >= 15 is 0 Å². The highest BCUT2D eigenvalue weighted by Gasteiger charge is 2.46. The molecule has 1 aromatic carbocycles. The smallest absolute Gasteiger partial charge is 0.264 e. The Bertz CT molecular complexity index is 626. The van der Waals surface area contributed by atoms with Crippen molar-refractivity contribution in [3.05, 3.63) is 35.9 Å². The second kappa shape index (κ2) is 5.40. The summed E-state index contributed by atoms with van der Waals surface area (Å²) in [5.41, 5.74) is -1.66. The first-order chi connectivity index (χ1) is 9.65. The van der Waals surface area contributed by atoms with Crippen molar-refractivity contribution < 1.29 is 22.5 Å². The number of hydrogen-bond acceptors (Lipinski definition) is 5. The Morgan fingerprint density at radius 1 is 1.29 bits per heavy atom. The van der Waals surface area contributed by atoms with Gasteiger partial charge in [0, 0.05) is 0 Å². The van der Waals surface area contributed by atoms with E-state index in [1.54, 1.807) is 24.3 Å². The molecule has 0 bridgehead atoms. The van der Waals surface area contributed by atoms with Gasteiger partial charge < -0.3 is 10.4 Å². The molecule has 7 heteroatoms. The highest BCUT2D eigenvalue weighted by Crippen LogP contribution is 2.35. The summed E-state index contributed by atoms with van der Waals surface area (Å²) < 4.78 is 27.5. The lowest BCUT2D eigenvalue weighted by atomic mass is 9.78. The van der Waals surface area contributed by atoms with E-state index in [0.717, 1.165) is 11.8 Å². The van der Waals surface area contributed by atoms with Gasteiger partial charge in [0.1, 0.15) is 5.60 Å². The van der Waals surface area contributed by atoms with Gasteiger partial charge in [0.05, 0.1) is 18.4 Å². The molecular weight excluding hydrogens is 294 g/mol. The lowest BCUT2D eigenvalue weighted by Crippen LogP contribution is -2.61. The van der Waals surface area contributed by atoms with Gasteiger partial charge in [0.15, 0.2) is 0 Å². The number of piperidine rings is 1. The second-order valence-electron chi connectivity index (χ2n) is 5.64. The molecule has 1 aliphatic rings. The zero-order valence-corrected chi connectivity index (χ0v) is 12.8. The van der Waals surface area contributed by atoms with Gasteiger partial charge in [-0.1, -0.05) is 30.3 Å². The minimum atomic E-state index is -3.63. The molecule has 2 rings (SSSR count). The van der Waals surface area contributed by atoms with Gasteiger partial charge in [-0.25, -0.2) is 0 Å². The molecule has 1 saturated heterocycles. The number of benzene rings is 1. The van der Waals surface area contributed by atoms with E-state index in [2.05, 4.69) is 5.32 Å². The minimum Gasteiger partial charge on any atom is -0.380 e. The molecule has 1 heterocycles. The summed E-state index contributed by atoms with van der Waals surface area (Å²) in [6.45, 7) is 1.24. The molecule has 0 unspecified atom stereocenters.